The zero-order chi connectivity index (χ0) is 14.7. The van der Waals surface area contributed by atoms with Crippen LogP contribution in [0.4, 0.5) is 8.78 Å². The number of benzene rings is 1. The summed E-state index contributed by atoms with van der Waals surface area (Å²) in [6, 6.07) is 4.82. The maximum Gasteiger partial charge on any atom is 0.253 e. The van der Waals surface area contributed by atoms with Gasteiger partial charge in [0.15, 0.2) is 0 Å². The van der Waals surface area contributed by atoms with Gasteiger partial charge < -0.3 is 5.32 Å². The minimum absolute atomic E-state index is 0.00582. The number of aromatic nitrogens is 1. The third-order valence-electron chi connectivity index (χ3n) is 2.66. The van der Waals surface area contributed by atoms with Crippen LogP contribution in [0.2, 0.25) is 0 Å². The van der Waals surface area contributed by atoms with Crippen molar-refractivity contribution < 1.29 is 13.6 Å². The lowest BCUT2D eigenvalue weighted by molar-refractivity contribution is 0.0943. The fourth-order valence-electron chi connectivity index (χ4n) is 1.78. The van der Waals surface area contributed by atoms with Gasteiger partial charge in [0.25, 0.3) is 5.91 Å². The van der Waals surface area contributed by atoms with E-state index in [4.69, 9.17) is 0 Å². The highest BCUT2D eigenvalue weighted by Crippen LogP contribution is 2.23. The van der Waals surface area contributed by atoms with Crippen LogP contribution in [0, 0.1) is 11.6 Å². The van der Waals surface area contributed by atoms with Crippen LogP contribution >= 0.6 is 0 Å². The largest absolute Gasteiger partial charge is 0.350 e. The summed E-state index contributed by atoms with van der Waals surface area (Å²) in [5.74, 6) is -1.61. The van der Waals surface area contributed by atoms with Crippen molar-refractivity contribution in [3.8, 4) is 11.1 Å². The molecule has 1 heterocycles. The topological polar surface area (TPSA) is 42.0 Å². The number of carbonyl (C=O) groups is 1. The summed E-state index contributed by atoms with van der Waals surface area (Å²) in [4.78, 5) is 15.8. The molecule has 0 atom stereocenters. The summed E-state index contributed by atoms with van der Waals surface area (Å²) in [6.07, 6.45) is 2.84. The molecule has 0 radical (unpaired) electrons. The Morgan fingerprint density at radius 3 is 2.60 bits per heavy atom. The molecular weight excluding hydrogens is 262 g/mol. The van der Waals surface area contributed by atoms with Gasteiger partial charge in [-0.1, -0.05) is 0 Å². The van der Waals surface area contributed by atoms with E-state index in [1.807, 2.05) is 13.8 Å². The first-order valence-electron chi connectivity index (χ1n) is 6.18. The van der Waals surface area contributed by atoms with Crippen molar-refractivity contribution in [2.24, 2.45) is 0 Å². The van der Waals surface area contributed by atoms with Crippen molar-refractivity contribution in [3.63, 3.8) is 0 Å². The Bertz CT molecular complexity index is 642. The van der Waals surface area contributed by atoms with Crippen molar-refractivity contribution in [2.75, 3.05) is 0 Å². The summed E-state index contributed by atoms with van der Waals surface area (Å²) in [6.45, 7) is 3.68. The number of hydrogen-bond acceptors (Lipinski definition) is 2. The van der Waals surface area contributed by atoms with Crippen LogP contribution in [-0.2, 0) is 0 Å². The molecule has 1 amide bonds. The molecule has 104 valence electrons. The number of nitrogens with one attached hydrogen (secondary N) is 1. The van der Waals surface area contributed by atoms with Gasteiger partial charge in [-0.05, 0) is 32.0 Å². The van der Waals surface area contributed by atoms with Gasteiger partial charge in [-0.2, -0.15) is 0 Å². The van der Waals surface area contributed by atoms with E-state index >= 15 is 0 Å². The Morgan fingerprint density at radius 2 is 1.95 bits per heavy atom. The van der Waals surface area contributed by atoms with E-state index in [0.29, 0.717) is 11.1 Å². The maximum atomic E-state index is 13.7. The van der Waals surface area contributed by atoms with Gasteiger partial charge in [-0.15, -0.1) is 0 Å². The average Bonchev–Trinajstić information content (AvgIpc) is 2.38. The third-order valence-corrected chi connectivity index (χ3v) is 2.66. The molecule has 0 aliphatic carbocycles. The van der Waals surface area contributed by atoms with Gasteiger partial charge in [0, 0.05) is 35.6 Å². The lowest BCUT2D eigenvalue weighted by Gasteiger charge is -2.09. The molecule has 0 aliphatic rings. The van der Waals surface area contributed by atoms with Crippen LogP contribution in [0.5, 0.6) is 0 Å². The van der Waals surface area contributed by atoms with Crippen LogP contribution in [-0.4, -0.2) is 16.9 Å². The molecule has 5 heteroatoms. The standard InChI is InChI=1S/C15H14F2N2O/c1-9(2)19-15(20)11-5-10(7-18-8-11)13-4-3-12(16)6-14(13)17/h3-9H,1-2H3,(H,19,20). The normalized spacial score (nSPS) is 10.7. The Balaban J connectivity index is 2.36. The third kappa shape index (κ3) is 3.17. The zero-order valence-electron chi connectivity index (χ0n) is 11.2. The highest BCUT2D eigenvalue weighted by Gasteiger charge is 2.11. The van der Waals surface area contributed by atoms with Gasteiger partial charge in [-0.25, -0.2) is 8.78 Å². The number of nitrogens with zero attached hydrogens (tertiary/aromatic N) is 1. The fourth-order valence-corrected chi connectivity index (χ4v) is 1.78. The van der Waals surface area contributed by atoms with Crippen molar-refractivity contribution in [2.45, 2.75) is 19.9 Å². The Hall–Kier alpha value is -2.30. The van der Waals surface area contributed by atoms with Crippen molar-refractivity contribution >= 4 is 5.91 Å². The summed E-state index contributed by atoms with van der Waals surface area (Å²) >= 11 is 0. The van der Waals surface area contributed by atoms with E-state index in [-0.39, 0.29) is 17.5 Å². The number of hydrogen-bond donors (Lipinski definition) is 1. The van der Waals surface area contributed by atoms with Gasteiger partial charge >= 0.3 is 0 Å². The quantitative estimate of drug-likeness (QED) is 0.935. The fraction of sp³-hybridized carbons (Fsp3) is 0.200. The lowest BCUT2D eigenvalue weighted by Crippen LogP contribution is -2.30. The van der Waals surface area contributed by atoms with E-state index in [1.165, 1.54) is 30.6 Å². The minimum atomic E-state index is -0.687. The van der Waals surface area contributed by atoms with Gasteiger partial charge in [0.2, 0.25) is 0 Å². The smallest absolute Gasteiger partial charge is 0.253 e. The molecule has 0 bridgehead atoms. The Labute approximate surface area is 115 Å². The number of carbonyl (C=O) groups excluding carboxylic acids is 1. The van der Waals surface area contributed by atoms with E-state index in [1.54, 1.807) is 0 Å². The van der Waals surface area contributed by atoms with Crippen molar-refractivity contribution in [3.05, 3.63) is 53.9 Å². The maximum absolute atomic E-state index is 13.7. The second kappa shape index (κ2) is 5.77. The molecule has 0 saturated heterocycles. The second-order valence-corrected chi connectivity index (χ2v) is 4.71. The molecular formula is C15H14F2N2O. The molecule has 0 saturated carbocycles. The Morgan fingerprint density at radius 1 is 1.20 bits per heavy atom. The van der Waals surface area contributed by atoms with E-state index in [9.17, 15) is 13.6 Å². The predicted molar refractivity (Wildman–Crippen MR) is 72.2 cm³/mol. The predicted octanol–water partition coefficient (Wildman–Crippen LogP) is 3.17. The van der Waals surface area contributed by atoms with E-state index in [0.717, 1.165) is 6.07 Å². The van der Waals surface area contributed by atoms with Crippen molar-refractivity contribution in [1.82, 2.24) is 10.3 Å². The van der Waals surface area contributed by atoms with E-state index in [2.05, 4.69) is 10.3 Å². The summed E-state index contributed by atoms with van der Waals surface area (Å²) in [7, 11) is 0. The van der Waals surface area contributed by atoms with Crippen molar-refractivity contribution in [1.29, 1.82) is 0 Å². The highest BCUT2D eigenvalue weighted by molar-refractivity contribution is 5.95. The first-order valence-corrected chi connectivity index (χ1v) is 6.18. The SMILES string of the molecule is CC(C)NC(=O)c1cncc(-c2ccc(F)cc2F)c1. The monoisotopic (exact) mass is 276 g/mol. The van der Waals surface area contributed by atoms with Gasteiger partial charge in [-0.3, -0.25) is 9.78 Å². The van der Waals surface area contributed by atoms with Crippen LogP contribution < -0.4 is 5.32 Å². The zero-order valence-corrected chi connectivity index (χ0v) is 11.2. The van der Waals surface area contributed by atoms with Crippen LogP contribution in [0.15, 0.2) is 36.7 Å². The Kier molecular flexibility index (Phi) is 4.08. The molecule has 0 unspecified atom stereocenters. The van der Waals surface area contributed by atoms with E-state index < -0.39 is 11.6 Å². The first kappa shape index (κ1) is 14.1. The second-order valence-electron chi connectivity index (χ2n) is 4.71. The molecule has 2 rings (SSSR count). The van der Waals surface area contributed by atoms with Crippen LogP contribution in [0.25, 0.3) is 11.1 Å². The number of halogens is 2. The molecule has 1 aromatic heterocycles. The molecule has 1 N–H and O–H groups in total. The molecule has 20 heavy (non-hydrogen) atoms. The average molecular weight is 276 g/mol. The molecule has 2 aromatic rings. The molecule has 0 fully saturated rings. The van der Waals surface area contributed by atoms with Gasteiger partial charge in [0.1, 0.15) is 11.6 Å². The summed E-state index contributed by atoms with van der Waals surface area (Å²) in [5.41, 5.74) is 0.969. The molecule has 0 spiro atoms. The molecule has 3 nitrogen and oxygen atoms in total. The molecule has 0 aliphatic heterocycles. The molecule has 1 aromatic carbocycles. The highest BCUT2D eigenvalue weighted by atomic mass is 19.1. The van der Waals surface area contributed by atoms with Crippen LogP contribution in [0.3, 0.4) is 0 Å². The van der Waals surface area contributed by atoms with Gasteiger partial charge in [0.05, 0.1) is 5.56 Å². The summed E-state index contributed by atoms with van der Waals surface area (Å²) < 4.78 is 26.6. The van der Waals surface area contributed by atoms with Crippen LogP contribution in [0.1, 0.15) is 24.2 Å². The number of rotatable bonds is 3. The number of amides is 1. The lowest BCUT2D eigenvalue weighted by atomic mass is 10.0. The first-order chi connectivity index (χ1) is 9.47. The summed E-state index contributed by atoms with van der Waals surface area (Å²) in [5, 5.41) is 2.73. The minimum Gasteiger partial charge on any atom is -0.350 e. The number of pyridine rings is 1.